The van der Waals surface area contributed by atoms with Crippen LogP contribution in [0.4, 0.5) is 13.2 Å². The van der Waals surface area contributed by atoms with Crippen molar-refractivity contribution in [1.82, 2.24) is 5.32 Å². The molecule has 0 aliphatic carbocycles. The van der Waals surface area contributed by atoms with E-state index in [4.69, 9.17) is 9.47 Å². The van der Waals surface area contributed by atoms with Gasteiger partial charge >= 0.3 is 6.18 Å². The zero-order valence-corrected chi connectivity index (χ0v) is 15.3. The molecule has 1 N–H and O–H groups in total. The minimum atomic E-state index is -4.43. The number of halogens is 3. The zero-order valence-electron chi connectivity index (χ0n) is 15.3. The van der Waals surface area contributed by atoms with Gasteiger partial charge in [-0.3, -0.25) is 0 Å². The molecule has 27 heavy (non-hydrogen) atoms. The maximum absolute atomic E-state index is 13.1. The third kappa shape index (κ3) is 5.16. The summed E-state index contributed by atoms with van der Waals surface area (Å²) in [6, 6.07) is 13.2. The van der Waals surface area contributed by atoms with Crippen molar-refractivity contribution in [3.8, 4) is 11.5 Å². The summed E-state index contributed by atoms with van der Waals surface area (Å²) >= 11 is 0. The Morgan fingerprint density at radius 2 is 1.85 bits per heavy atom. The van der Waals surface area contributed by atoms with Crippen molar-refractivity contribution in [2.75, 3.05) is 13.7 Å². The largest absolute Gasteiger partial charge is 0.493 e. The molecule has 2 aromatic carbocycles. The van der Waals surface area contributed by atoms with Crippen molar-refractivity contribution >= 4 is 0 Å². The van der Waals surface area contributed by atoms with E-state index in [1.807, 2.05) is 30.3 Å². The Hall–Kier alpha value is -2.21. The molecule has 3 rings (SSSR count). The molecular weight excluding hydrogens is 355 g/mol. The van der Waals surface area contributed by atoms with Crippen molar-refractivity contribution < 1.29 is 22.6 Å². The predicted octanol–water partition coefficient (Wildman–Crippen LogP) is 5.37. The molecule has 0 aromatic heterocycles. The van der Waals surface area contributed by atoms with Gasteiger partial charge in [0.15, 0.2) is 11.5 Å². The Morgan fingerprint density at radius 1 is 1.07 bits per heavy atom. The van der Waals surface area contributed by atoms with Gasteiger partial charge in [0.2, 0.25) is 0 Å². The van der Waals surface area contributed by atoms with Crippen molar-refractivity contribution in [1.29, 1.82) is 0 Å². The van der Waals surface area contributed by atoms with Gasteiger partial charge < -0.3 is 14.8 Å². The first-order valence-corrected chi connectivity index (χ1v) is 9.17. The Bertz CT molecular complexity index is 728. The van der Waals surface area contributed by atoms with Gasteiger partial charge in [-0.15, -0.1) is 0 Å². The van der Waals surface area contributed by atoms with Gasteiger partial charge in [-0.1, -0.05) is 36.8 Å². The minimum absolute atomic E-state index is 0.108. The van der Waals surface area contributed by atoms with Crippen LogP contribution < -0.4 is 14.8 Å². The maximum atomic E-state index is 13.1. The molecule has 0 amide bonds. The number of hydrogen-bond donors (Lipinski definition) is 1. The average molecular weight is 379 g/mol. The summed E-state index contributed by atoms with van der Waals surface area (Å²) in [5.41, 5.74) is 0.185. The van der Waals surface area contributed by atoms with Crippen molar-refractivity contribution in [3.05, 3.63) is 59.7 Å². The summed E-state index contributed by atoms with van der Waals surface area (Å²) in [6.45, 7) is 0.957. The van der Waals surface area contributed by atoms with E-state index in [0.717, 1.165) is 43.5 Å². The van der Waals surface area contributed by atoms with Gasteiger partial charge in [-0.2, -0.15) is 13.2 Å². The van der Waals surface area contributed by atoms with Crippen molar-refractivity contribution in [2.24, 2.45) is 0 Å². The summed E-state index contributed by atoms with van der Waals surface area (Å²) in [5, 5.41) is 3.48. The number of nitrogens with one attached hydrogen (secondary N) is 1. The summed E-state index contributed by atoms with van der Waals surface area (Å²) in [7, 11) is 1.43. The van der Waals surface area contributed by atoms with Gasteiger partial charge in [0.25, 0.3) is 0 Å². The van der Waals surface area contributed by atoms with E-state index in [-0.39, 0.29) is 17.9 Å². The number of rotatable bonds is 6. The third-order valence-corrected chi connectivity index (χ3v) is 4.84. The van der Waals surface area contributed by atoms with E-state index in [0.29, 0.717) is 12.2 Å². The predicted molar refractivity (Wildman–Crippen MR) is 98.1 cm³/mol. The molecule has 1 aliphatic rings. The fourth-order valence-electron chi connectivity index (χ4n) is 3.40. The van der Waals surface area contributed by atoms with Gasteiger partial charge in [0.05, 0.1) is 12.7 Å². The standard InChI is InChI=1S/C21H24F3NO2/c1-26-18-11-10-16(21(22,23)24)13-20(18)27-19(15-7-3-2-4-8-15)14-17-9-5-6-12-25-17/h2-4,7-8,10-11,13,17,19,25H,5-6,9,12,14H2,1H3. The quantitative estimate of drug-likeness (QED) is 0.732. The second-order valence-electron chi connectivity index (χ2n) is 6.76. The van der Waals surface area contributed by atoms with E-state index < -0.39 is 11.7 Å². The van der Waals surface area contributed by atoms with Crippen LogP contribution in [0.5, 0.6) is 11.5 Å². The number of benzene rings is 2. The van der Waals surface area contributed by atoms with Crippen LogP contribution in [0.15, 0.2) is 48.5 Å². The highest BCUT2D eigenvalue weighted by molar-refractivity contribution is 5.44. The van der Waals surface area contributed by atoms with Crippen LogP contribution in [0, 0.1) is 0 Å². The number of piperidine rings is 1. The maximum Gasteiger partial charge on any atom is 0.416 e. The van der Waals surface area contributed by atoms with Gasteiger partial charge in [0, 0.05) is 12.5 Å². The lowest BCUT2D eigenvalue weighted by molar-refractivity contribution is -0.137. The topological polar surface area (TPSA) is 30.5 Å². The number of hydrogen-bond acceptors (Lipinski definition) is 3. The van der Waals surface area contributed by atoms with E-state index in [1.54, 1.807) is 0 Å². The smallest absolute Gasteiger partial charge is 0.416 e. The Balaban J connectivity index is 1.88. The van der Waals surface area contributed by atoms with Gasteiger partial charge in [-0.05, 0) is 43.1 Å². The average Bonchev–Trinajstić information content (AvgIpc) is 2.68. The highest BCUT2D eigenvalue weighted by atomic mass is 19.4. The lowest BCUT2D eigenvalue weighted by Crippen LogP contribution is -2.36. The van der Waals surface area contributed by atoms with Crippen LogP contribution in [0.25, 0.3) is 0 Å². The van der Waals surface area contributed by atoms with E-state index in [2.05, 4.69) is 5.32 Å². The Labute approximate surface area is 157 Å². The molecule has 2 unspecified atom stereocenters. The second-order valence-corrected chi connectivity index (χ2v) is 6.76. The van der Waals surface area contributed by atoms with Crippen molar-refractivity contribution in [2.45, 2.75) is 44.0 Å². The number of alkyl halides is 3. The second kappa shape index (κ2) is 8.65. The van der Waals surface area contributed by atoms with Crippen LogP contribution in [0.1, 0.15) is 42.9 Å². The summed E-state index contributed by atoms with van der Waals surface area (Å²) in [5.74, 6) is 0.400. The molecule has 0 radical (unpaired) electrons. The molecule has 1 heterocycles. The normalized spacial score (nSPS) is 18.7. The Morgan fingerprint density at radius 3 is 2.48 bits per heavy atom. The highest BCUT2D eigenvalue weighted by Gasteiger charge is 2.32. The molecule has 2 atom stereocenters. The first-order valence-electron chi connectivity index (χ1n) is 9.17. The third-order valence-electron chi connectivity index (χ3n) is 4.84. The highest BCUT2D eigenvalue weighted by Crippen LogP contribution is 2.39. The lowest BCUT2D eigenvalue weighted by atomic mass is 9.95. The molecule has 1 fully saturated rings. The first kappa shape index (κ1) is 19.5. The van der Waals surface area contributed by atoms with Crippen LogP contribution >= 0.6 is 0 Å². The van der Waals surface area contributed by atoms with Crippen LogP contribution in [0.3, 0.4) is 0 Å². The van der Waals surface area contributed by atoms with E-state index >= 15 is 0 Å². The minimum Gasteiger partial charge on any atom is -0.493 e. The van der Waals surface area contributed by atoms with E-state index in [1.165, 1.54) is 13.2 Å². The summed E-state index contributed by atoms with van der Waals surface area (Å²) in [4.78, 5) is 0. The Kier molecular flexibility index (Phi) is 6.26. The zero-order chi connectivity index (χ0) is 19.3. The fourth-order valence-corrected chi connectivity index (χ4v) is 3.40. The molecule has 3 nitrogen and oxygen atoms in total. The number of ether oxygens (including phenoxy) is 2. The summed E-state index contributed by atoms with van der Waals surface area (Å²) in [6.07, 6.45) is -0.784. The fraction of sp³-hybridized carbons (Fsp3) is 0.429. The molecule has 146 valence electrons. The van der Waals surface area contributed by atoms with Crippen molar-refractivity contribution in [3.63, 3.8) is 0 Å². The molecule has 2 aromatic rings. The molecule has 1 aliphatic heterocycles. The number of methoxy groups -OCH3 is 1. The van der Waals surface area contributed by atoms with Crippen LogP contribution in [0.2, 0.25) is 0 Å². The SMILES string of the molecule is COc1ccc(C(F)(F)F)cc1OC(CC1CCCCN1)c1ccccc1. The molecule has 6 heteroatoms. The van der Waals surface area contributed by atoms with Gasteiger partial charge in [0.1, 0.15) is 6.10 Å². The van der Waals surface area contributed by atoms with Gasteiger partial charge in [-0.25, -0.2) is 0 Å². The molecular formula is C21H24F3NO2. The molecule has 0 bridgehead atoms. The van der Waals surface area contributed by atoms with Crippen LogP contribution in [-0.4, -0.2) is 19.7 Å². The van der Waals surface area contributed by atoms with E-state index in [9.17, 15) is 13.2 Å². The van der Waals surface area contributed by atoms with Crippen LogP contribution in [-0.2, 0) is 6.18 Å². The first-order chi connectivity index (χ1) is 13.0. The molecule has 1 saturated heterocycles. The monoisotopic (exact) mass is 379 g/mol. The molecule has 0 spiro atoms. The lowest BCUT2D eigenvalue weighted by Gasteiger charge is -2.29. The summed E-state index contributed by atoms with van der Waals surface area (Å²) < 4.78 is 50.7. The molecule has 0 saturated carbocycles.